The Kier molecular flexibility index (Phi) is 4.89. The van der Waals surface area contributed by atoms with Gasteiger partial charge in [-0.1, -0.05) is 36.4 Å². The molecule has 0 saturated heterocycles. The molecule has 0 atom stereocenters. The monoisotopic (exact) mass is 376 g/mol. The fourth-order valence-corrected chi connectivity index (χ4v) is 3.31. The predicted octanol–water partition coefficient (Wildman–Crippen LogP) is 2.71. The fourth-order valence-electron chi connectivity index (χ4n) is 3.31. The van der Waals surface area contributed by atoms with Crippen LogP contribution in [-0.4, -0.2) is 40.0 Å². The molecular weight excluding hydrogens is 356 g/mol. The van der Waals surface area contributed by atoms with Crippen LogP contribution in [0.2, 0.25) is 0 Å². The molecule has 1 aliphatic heterocycles. The molecule has 1 amide bonds. The third-order valence-electron chi connectivity index (χ3n) is 4.70. The van der Waals surface area contributed by atoms with Crippen LogP contribution in [-0.2, 0) is 16.0 Å². The molecule has 0 unspecified atom stereocenters. The Hall–Kier alpha value is -3.48. The summed E-state index contributed by atoms with van der Waals surface area (Å²) in [5.74, 6) is -0.896. The van der Waals surface area contributed by atoms with E-state index in [1.165, 1.54) is 4.80 Å². The number of carbonyl (C=O) groups is 2. The van der Waals surface area contributed by atoms with E-state index in [0.717, 1.165) is 29.8 Å². The lowest BCUT2D eigenvalue weighted by atomic mass is 10.0. The minimum atomic E-state index is -0.654. The average Bonchev–Trinajstić information content (AvgIpc) is 3.14. The number of esters is 1. The van der Waals surface area contributed by atoms with E-state index in [1.807, 2.05) is 54.6 Å². The van der Waals surface area contributed by atoms with Gasteiger partial charge in [0.1, 0.15) is 0 Å². The molecule has 1 aliphatic rings. The average molecular weight is 376 g/mol. The smallest absolute Gasteiger partial charge is 0.361 e. The van der Waals surface area contributed by atoms with E-state index in [0.29, 0.717) is 12.2 Å². The van der Waals surface area contributed by atoms with E-state index in [2.05, 4.69) is 10.2 Å². The Morgan fingerprint density at radius 1 is 1.04 bits per heavy atom. The summed E-state index contributed by atoms with van der Waals surface area (Å²) in [7, 11) is 0. The molecule has 0 radical (unpaired) electrons. The summed E-state index contributed by atoms with van der Waals surface area (Å²) >= 11 is 0. The molecule has 3 aromatic rings. The maximum absolute atomic E-state index is 12.6. The second-order valence-corrected chi connectivity index (χ2v) is 6.61. The highest BCUT2D eigenvalue weighted by atomic mass is 16.5. The number of fused-ring (bicyclic) bond motifs is 1. The van der Waals surface area contributed by atoms with Crippen LogP contribution >= 0.6 is 0 Å². The molecule has 28 heavy (non-hydrogen) atoms. The van der Waals surface area contributed by atoms with E-state index < -0.39 is 5.97 Å². The number of hydrogen-bond donors (Lipinski definition) is 0. The van der Waals surface area contributed by atoms with Crippen LogP contribution in [0.15, 0.2) is 54.6 Å². The van der Waals surface area contributed by atoms with Crippen molar-refractivity contribution < 1.29 is 14.3 Å². The number of carbonyl (C=O) groups excluding carboxylic acids is 2. The summed E-state index contributed by atoms with van der Waals surface area (Å²) in [6.07, 6.45) is 1.84. The zero-order valence-electron chi connectivity index (χ0n) is 15.5. The largest absolute Gasteiger partial charge is 0.451 e. The van der Waals surface area contributed by atoms with Crippen LogP contribution in [0.1, 0.15) is 28.2 Å². The highest BCUT2D eigenvalue weighted by Crippen LogP contribution is 2.26. The number of amides is 1. The zero-order chi connectivity index (χ0) is 19.5. The molecule has 7 heteroatoms. The van der Waals surface area contributed by atoms with Gasteiger partial charge in [0.25, 0.3) is 5.91 Å². The van der Waals surface area contributed by atoms with E-state index in [-0.39, 0.29) is 18.2 Å². The quantitative estimate of drug-likeness (QED) is 0.655. The topological polar surface area (TPSA) is 77.3 Å². The third-order valence-corrected chi connectivity index (χ3v) is 4.70. The lowest BCUT2D eigenvalue weighted by molar-refractivity contribution is -0.121. The second kappa shape index (κ2) is 7.64. The summed E-state index contributed by atoms with van der Waals surface area (Å²) in [5, 5.41) is 8.47. The van der Waals surface area contributed by atoms with Gasteiger partial charge >= 0.3 is 5.97 Å². The molecule has 0 saturated carbocycles. The van der Waals surface area contributed by atoms with Crippen molar-refractivity contribution in [3.05, 3.63) is 71.5 Å². The molecular formula is C21H20N4O3. The van der Waals surface area contributed by atoms with Gasteiger partial charge in [-0.2, -0.15) is 9.90 Å². The molecule has 1 aromatic heterocycles. The number of aryl methyl sites for hydroxylation is 2. The van der Waals surface area contributed by atoms with E-state index >= 15 is 0 Å². The van der Waals surface area contributed by atoms with Crippen LogP contribution in [0.3, 0.4) is 0 Å². The number of ether oxygens (including phenoxy) is 1. The highest BCUT2D eigenvalue weighted by Gasteiger charge is 2.24. The highest BCUT2D eigenvalue weighted by molar-refractivity contribution is 5.97. The van der Waals surface area contributed by atoms with Crippen molar-refractivity contribution in [3.63, 3.8) is 0 Å². The summed E-state index contributed by atoms with van der Waals surface area (Å²) in [6, 6.07) is 17.1. The molecule has 0 spiro atoms. The minimum Gasteiger partial charge on any atom is -0.451 e. The molecule has 142 valence electrons. The first-order valence-electron chi connectivity index (χ1n) is 9.18. The van der Waals surface area contributed by atoms with Crippen molar-refractivity contribution in [1.82, 2.24) is 15.0 Å². The summed E-state index contributed by atoms with van der Waals surface area (Å²) in [5.41, 5.74) is 3.32. The van der Waals surface area contributed by atoms with Crippen LogP contribution in [0.4, 0.5) is 5.69 Å². The van der Waals surface area contributed by atoms with E-state index in [4.69, 9.17) is 4.74 Å². The number of para-hydroxylation sites is 2. The lowest BCUT2D eigenvalue weighted by Crippen LogP contribution is -2.38. The molecule has 2 heterocycles. The molecule has 4 rings (SSSR count). The standard InChI is InChI=1S/C21H20N4O3/c1-15-20(23-25(22-15)17-10-3-2-4-11-17)21(27)28-14-19(26)24-13-7-9-16-8-5-6-12-18(16)24/h2-6,8,10-12H,7,9,13-14H2,1H3. The maximum atomic E-state index is 12.6. The Balaban J connectivity index is 1.44. The number of rotatable bonds is 4. The second-order valence-electron chi connectivity index (χ2n) is 6.61. The Labute approximate surface area is 162 Å². The van der Waals surface area contributed by atoms with Crippen LogP contribution in [0, 0.1) is 6.92 Å². The van der Waals surface area contributed by atoms with Crippen LogP contribution < -0.4 is 4.90 Å². The van der Waals surface area contributed by atoms with Gasteiger partial charge in [-0.3, -0.25) is 4.79 Å². The van der Waals surface area contributed by atoms with Crippen molar-refractivity contribution in [2.45, 2.75) is 19.8 Å². The summed E-state index contributed by atoms with van der Waals surface area (Å²) in [6.45, 7) is 1.98. The minimum absolute atomic E-state index is 0.107. The van der Waals surface area contributed by atoms with Crippen molar-refractivity contribution in [3.8, 4) is 5.69 Å². The first-order chi connectivity index (χ1) is 13.6. The molecule has 2 aromatic carbocycles. The Morgan fingerprint density at radius 2 is 1.79 bits per heavy atom. The SMILES string of the molecule is Cc1nn(-c2ccccc2)nc1C(=O)OCC(=O)N1CCCc2ccccc21. The molecule has 0 bridgehead atoms. The third kappa shape index (κ3) is 3.51. The van der Waals surface area contributed by atoms with Gasteiger partial charge < -0.3 is 9.64 Å². The molecule has 0 aliphatic carbocycles. The Morgan fingerprint density at radius 3 is 2.61 bits per heavy atom. The normalized spacial score (nSPS) is 13.1. The number of aromatic nitrogens is 3. The fraction of sp³-hybridized carbons (Fsp3) is 0.238. The van der Waals surface area contributed by atoms with Crippen molar-refractivity contribution >= 4 is 17.6 Å². The number of anilines is 1. The van der Waals surface area contributed by atoms with Gasteiger partial charge in [0.05, 0.1) is 11.4 Å². The van der Waals surface area contributed by atoms with Gasteiger partial charge in [-0.15, -0.1) is 5.10 Å². The van der Waals surface area contributed by atoms with Crippen LogP contribution in [0.25, 0.3) is 5.69 Å². The first-order valence-corrected chi connectivity index (χ1v) is 9.18. The number of hydrogen-bond acceptors (Lipinski definition) is 5. The molecule has 0 fully saturated rings. The van der Waals surface area contributed by atoms with Crippen LogP contribution in [0.5, 0.6) is 0 Å². The number of benzene rings is 2. The summed E-state index contributed by atoms with van der Waals surface area (Å²) < 4.78 is 5.24. The van der Waals surface area contributed by atoms with Gasteiger partial charge in [0.15, 0.2) is 12.3 Å². The zero-order valence-corrected chi connectivity index (χ0v) is 15.5. The van der Waals surface area contributed by atoms with Gasteiger partial charge in [-0.05, 0) is 43.5 Å². The Bertz CT molecular complexity index is 1010. The maximum Gasteiger partial charge on any atom is 0.361 e. The number of nitrogens with zero attached hydrogens (tertiary/aromatic N) is 4. The molecule has 0 N–H and O–H groups in total. The molecule has 7 nitrogen and oxygen atoms in total. The van der Waals surface area contributed by atoms with Gasteiger partial charge in [0.2, 0.25) is 0 Å². The van der Waals surface area contributed by atoms with Gasteiger partial charge in [-0.25, -0.2) is 4.79 Å². The van der Waals surface area contributed by atoms with Crippen molar-refractivity contribution in [1.29, 1.82) is 0 Å². The van der Waals surface area contributed by atoms with E-state index in [9.17, 15) is 9.59 Å². The van der Waals surface area contributed by atoms with Gasteiger partial charge in [0, 0.05) is 12.2 Å². The van der Waals surface area contributed by atoms with Crippen molar-refractivity contribution in [2.75, 3.05) is 18.1 Å². The lowest BCUT2D eigenvalue weighted by Gasteiger charge is -2.29. The van der Waals surface area contributed by atoms with E-state index in [1.54, 1.807) is 11.8 Å². The van der Waals surface area contributed by atoms with Crippen molar-refractivity contribution in [2.24, 2.45) is 0 Å². The first kappa shape index (κ1) is 17.9. The predicted molar refractivity (Wildman–Crippen MR) is 103 cm³/mol. The summed E-state index contributed by atoms with van der Waals surface area (Å²) in [4.78, 5) is 28.1.